The van der Waals surface area contributed by atoms with E-state index in [1.54, 1.807) is 6.92 Å². The quantitative estimate of drug-likeness (QED) is 0.508. The van der Waals surface area contributed by atoms with Crippen molar-refractivity contribution in [1.82, 2.24) is 0 Å². The number of carbonyl (C=O) groups excluding carboxylic acids is 2. The van der Waals surface area contributed by atoms with Gasteiger partial charge in [0.1, 0.15) is 18.9 Å². The number of hydrogen-bond acceptors (Lipinski definition) is 6. The van der Waals surface area contributed by atoms with Gasteiger partial charge in [0.25, 0.3) is 0 Å². The number of ether oxygens (including phenoxy) is 2. The van der Waals surface area contributed by atoms with Crippen molar-refractivity contribution in [3.05, 3.63) is 23.8 Å². The summed E-state index contributed by atoms with van der Waals surface area (Å²) < 4.78 is 44.2. The fourth-order valence-electron chi connectivity index (χ4n) is 9.76. The predicted molar refractivity (Wildman–Crippen MR) is 130 cm³/mol. The highest BCUT2D eigenvalue weighted by atomic mass is 19.1. The van der Waals surface area contributed by atoms with Crippen LogP contribution in [-0.2, 0) is 19.1 Å². The number of ketones is 1. The summed E-state index contributed by atoms with van der Waals surface area (Å²) in [7, 11) is 0. The number of hydrogen-bond donors (Lipinski definition) is 2. The first-order valence-corrected chi connectivity index (χ1v) is 13.9. The number of fused-ring (bicyclic) bond motifs is 7. The van der Waals surface area contributed by atoms with Gasteiger partial charge < -0.3 is 19.7 Å². The van der Waals surface area contributed by atoms with Gasteiger partial charge >= 0.3 is 12.1 Å². The van der Waals surface area contributed by atoms with Gasteiger partial charge in [0, 0.05) is 16.7 Å². The van der Waals surface area contributed by atoms with E-state index in [0.29, 0.717) is 18.3 Å². The number of halogens is 2. The summed E-state index contributed by atoms with van der Waals surface area (Å²) in [5, 5.41) is 21.7. The first-order chi connectivity index (χ1) is 17.9. The fourth-order valence-corrected chi connectivity index (χ4v) is 9.76. The van der Waals surface area contributed by atoms with Crippen LogP contribution in [0.4, 0.5) is 13.6 Å². The maximum absolute atomic E-state index is 17.4. The number of aliphatic hydroxyl groups is 1. The molecule has 6 aliphatic carbocycles. The van der Waals surface area contributed by atoms with Crippen molar-refractivity contribution in [1.29, 1.82) is 0 Å². The molecule has 0 aromatic carbocycles. The van der Waals surface area contributed by atoms with Gasteiger partial charge in [-0.05, 0) is 93.3 Å². The monoisotopic (exact) mass is 534 g/mol. The summed E-state index contributed by atoms with van der Waals surface area (Å²) in [5.74, 6) is -3.73. The Morgan fingerprint density at radius 1 is 1.16 bits per heavy atom. The molecular formula is C29H36F2O7. The zero-order chi connectivity index (χ0) is 27.2. The van der Waals surface area contributed by atoms with E-state index in [4.69, 9.17) is 9.47 Å². The fraction of sp³-hybridized carbons (Fsp3) is 0.759. The third-order valence-corrected chi connectivity index (χ3v) is 11.4. The highest BCUT2D eigenvalue weighted by Gasteiger charge is 2.74. The molecule has 0 aromatic rings. The Bertz CT molecular complexity index is 1120. The Morgan fingerprint density at radius 2 is 1.92 bits per heavy atom. The molecule has 2 bridgehead atoms. The molecule has 5 saturated carbocycles. The molecule has 12 atom stereocenters. The molecule has 9 heteroatoms. The summed E-state index contributed by atoms with van der Waals surface area (Å²) in [6, 6.07) is 0. The van der Waals surface area contributed by atoms with Crippen molar-refractivity contribution < 1.29 is 42.9 Å². The lowest BCUT2D eigenvalue weighted by atomic mass is 9.44. The Kier molecular flexibility index (Phi) is 5.88. The van der Waals surface area contributed by atoms with Crippen LogP contribution in [0, 0.1) is 46.3 Å². The standard InChI is InChI=1S/C29H36F2O7/c1-14-7-18-19-11-21(30)20-10-17(32)5-6-27(20,2)29(19,31)23(33)12-28(18,24(14)25(34)35)13-37-26(36)38-22-9-15-3-4-16(22)8-15/h5-6,10,14-16,18-19,21-24,33H,3-4,7-9,11-13H2,1-2H3,(H,34,35)/t14?,15?,16?,18-,19-,21?,22?,23?,24?,27-,28+,29-/m0/s1. The van der Waals surface area contributed by atoms with Crippen molar-refractivity contribution >= 4 is 17.9 Å². The van der Waals surface area contributed by atoms with Crippen LogP contribution in [0.1, 0.15) is 58.8 Å². The number of allylic oxidation sites excluding steroid dienone is 4. The van der Waals surface area contributed by atoms with Gasteiger partial charge in [0.15, 0.2) is 11.5 Å². The van der Waals surface area contributed by atoms with Crippen molar-refractivity contribution in [2.75, 3.05) is 6.61 Å². The summed E-state index contributed by atoms with van der Waals surface area (Å²) in [4.78, 5) is 37.3. The molecule has 38 heavy (non-hydrogen) atoms. The van der Waals surface area contributed by atoms with Crippen LogP contribution < -0.4 is 0 Å². The maximum Gasteiger partial charge on any atom is 0.508 e. The minimum Gasteiger partial charge on any atom is -0.481 e. The highest BCUT2D eigenvalue weighted by molar-refractivity contribution is 6.01. The minimum absolute atomic E-state index is 0.0156. The van der Waals surface area contributed by atoms with Crippen LogP contribution in [0.5, 0.6) is 0 Å². The van der Waals surface area contributed by atoms with E-state index in [-0.39, 0.29) is 31.1 Å². The summed E-state index contributed by atoms with van der Waals surface area (Å²) in [6.45, 7) is 2.93. The molecule has 0 amide bonds. The molecule has 5 fully saturated rings. The third-order valence-electron chi connectivity index (χ3n) is 11.4. The van der Waals surface area contributed by atoms with Crippen LogP contribution in [0.3, 0.4) is 0 Å². The smallest absolute Gasteiger partial charge is 0.481 e. The predicted octanol–water partition coefficient (Wildman–Crippen LogP) is 4.57. The molecule has 2 N–H and O–H groups in total. The molecule has 0 aliphatic heterocycles. The second kappa shape index (κ2) is 8.60. The molecular weight excluding hydrogens is 498 g/mol. The Morgan fingerprint density at radius 3 is 2.58 bits per heavy atom. The van der Waals surface area contributed by atoms with Gasteiger partial charge in [-0.1, -0.05) is 13.0 Å². The van der Waals surface area contributed by atoms with Gasteiger partial charge in [-0.25, -0.2) is 13.6 Å². The van der Waals surface area contributed by atoms with Crippen molar-refractivity contribution in [3.8, 4) is 0 Å². The lowest BCUT2D eigenvalue weighted by Gasteiger charge is -2.62. The second-order valence-electron chi connectivity index (χ2n) is 13.1. The summed E-state index contributed by atoms with van der Waals surface area (Å²) in [5.41, 5.74) is -5.13. The molecule has 0 spiro atoms. The van der Waals surface area contributed by atoms with E-state index in [1.807, 2.05) is 0 Å². The number of carboxylic acid groups (broad SMARTS) is 1. The average molecular weight is 535 g/mol. The largest absolute Gasteiger partial charge is 0.508 e. The molecule has 0 aromatic heterocycles. The number of alkyl halides is 2. The average Bonchev–Trinajstić information content (AvgIpc) is 3.54. The lowest BCUT2D eigenvalue weighted by molar-refractivity contribution is -0.215. The molecule has 6 rings (SSSR count). The van der Waals surface area contributed by atoms with E-state index in [1.165, 1.54) is 19.1 Å². The van der Waals surface area contributed by atoms with E-state index in [9.17, 15) is 24.6 Å². The van der Waals surface area contributed by atoms with Crippen molar-refractivity contribution in [2.45, 2.75) is 82.8 Å². The van der Waals surface area contributed by atoms with Crippen LogP contribution in [-0.4, -0.2) is 58.8 Å². The molecule has 0 radical (unpaired) electrons. The number of rotatable bonds is 4. The zero-order valence-corrected chi connectivity index (χ0v) is 21.8. The van der Waals surface area contributed by atoms with E-state index < -0.39 is 70.4 Å². The molecule has 208 valence electrons. The van der Waals surface area contributed by atoms with Crippen molar-refractivity contribution in [3.63, 3.8) is 0 Å². The maximum atomic E-state index is 17.4. The Hall–Kier alpha value is -2.29. The van der Waals surface area contributed by atoms with Crippen LogP contribution in [0.25, 0.3) is 0 Å². The van der Waals surface area contributed by atoms with E-state index in [0.717, 1.165) is 31.8 Å². The van der Waals surface area contributed by atoms with Gasteiger partial charge in [0.2, 0.25) is 0 Å². The Balaban J connectivity index is 1.32. The topological polar surface area (TPSA) is 110 Å². The molecule has 0 heterocycles. The van der Waals surface area contributed by atoms with Crippen LogP contribution in [0.15, 0.2) is 23.8 Å². The van der Waals surface area contributed by atoms with Gasteiger partial charge in [-0.2, -0.15) is 0 Å². The highest BCUT2D eigenvalue weighted by Crippen LogP contribution is 2.70. The van der Waals surface area contributed by atoms with Gasteiger partial charge in [0.05, 0.1) is 12.0 Å². The van der Waals surface area contributed by atoms with Crippen LogP contribution >= 0.6 is 0 Å². The van der Waals surface area contributed by atoms with Crippen molar-refractivity contribution in [2.24, 2.45) is 46.3 Å². The normalized spacial score (nSPS) is 50.6. The number of carbonyl (C=O) groups is 3. The third kappa shape index (κ3) is 3.42. The SMILES string of the molecule is CC1C[C@H]2[C@@H]3CC(F)C4=CC(=O)C=C[C@]4(C)[C@@]3(F)C(O)C[C@]2(COC(=O)OC2CC3CCC2C3)C1C(=O)O. The number of aliphatic hydroxyl groups excluding tert-OH is 1. The van der Waals surface area contributed by atoms with Gasteiger partial charge in [-0.15, -0.1) is 0 Å². The summed E-state index contributed by atoms with van der Waals surface area (Å²) in [6.07, 6.45) is 3.10. The van der Waals surface area contributed by atoms with E-state index in [2.05, 4.69) is 0 Å². The Labute approximate surface area is 220 Å². The molecule has 0 saturated heterocycles. The minimum atomic E-state index is -2.32. The number of carboxylic acids is 1. The first kappa shape index (κ1) is 26.0. The van der Waals surface area contributed by atoms with Gasteiger partial charge in [-0.3, -0.25) is 9.59 Å². The zero-order valence-electron chi connectivity index (χ0n) is 21.8. The molecule has 7 unspecified atom stereocenters. The van der Waals surface area contributed by atoms with E-state index >= 15 is 8.78 Å². The van der Waals surface area contributed by atoms with Crippen LogP contribution in [0.2, 0.25) is 0 Å². The lowest BCUT2D eigenvalue weighted by Crippen LogP contribution is -2.69. The second-order valence-corrected chi connectivity index (χ2v) is 13.1. The first-order valence-electron chi connectivity index (χ1n) is 13.9. The molecule has 6 aliphatic rings. The summed E-state index contributed by atoms with van der Waals surface area (Å²) >= 11 is 0. The number of aliphatic carboxylic acids is 1. The molecule has 7 nitrogen and oxygen atoms in total.